The van der Waals surface area contributed by atoms with Crippen LogP contribution < -0.4 is 0 Å². The van der Waals surface area contributed by atoms with Crippen LogP contribution in [0.25, 0.3) is 78.0 Å². The number of hydrogen-bond acceptors (Lipinski definition) is 4. The molecule has 7 aromatic carbocycles. The third-order valence-electron chi connectivity index (χ3n) is 11.1. The fourth-order valence-corrected chi connectivity index (χ4v) is 8.00. The largest absolute Gasteiger partial charge is 0.208 e. The molecule has 0 unspecified atom stereocenters. The van der Waals surface area contributed by atoms with Crippen molar-refractivity contribution in [1.82, 2.24) is 15.0 Å². The number of benzene rings is 7. The van der Waals surface area contributed by atoms with Gasteiger partial charge in [0.25, 0.3) is 0 Å². The minimum atomic E-state index is -0.431. The lowest BCUT2D eigenvalue weighted by molar-refractivity contribution is 0.631. The van der Waals surface area contributed by atoms with Gasteiger partial charge >= 0.3 is 0 Å². The highest BCUT2D eigenvalue weighted by Crippen LogP contribution is 2.45. The first-order valence-electron chi connectivity index (χ1n) is 18.9. The van der Waals surface area contributed by atoms with E-state index in [1.165, 1.54) is 16.5 Å². The summed E-state index contributed by atoms with van der Waals surface area (Å²) in [5.74, 6) is 1.88. The Morgan fingerprint density at radius 1 is 0.536 bits per heavy atom. The molecule has 4 heteroatoms. The fourth-order valence-electron chi connectivity index (χ4n) is 8.00. The predicted octanol–water partition coefficient (Wildman–Crippen LogP) is 12.9. The van der Waals surface area contributed by atoms with E-state index in [4.69, 9.17) is 15.0 Å². The smallest absolute Gasteiger partial charge is 0.165 e. The van der Waals surface area contributed by atoms with Gasteiger partial charge in [-0.2, -0.15) is 5.26 Å². The van der Waals surface area contributed by atoms with Crippen molar-refractivity contribution >= 4 is 21.5 Å². The van der Waals surface area contributed by atoms with Crippen LogP contribution in [0.15, 0.2) is 188 Å². The number of nitriles is 1. The van der Waals surface area contributed by atoms with E-state index in [-0.39, 0.29) is 0 Å². The molecule has 1 aliphatic carbocycles. The molecule has 9 rings (SSSR count). The first-order chi connectivity index (χ1) is 27.4. The SMILES string of the molecule is C=C1/C(C#N)=C\C=C/Cc2ccc(-c3ccc(-c4c(-c5nc(-c6ccccc6)nc(-c6ccccc6)n5)c5ccccc5c5ccccc45)cc3)cc2C1(C)C. The molecular weight excluding hydrogens is 681 g/mol. The summed E-state index contributed by atoms with van der Waals surface area (Å²) in [6.45, 7) is 8.72. The molecule has 0 fully saturated rings. The molecule has 0 saturated heterocycles. The summed E-state index contributed by atoms with van der Waals surface area (Å²) in [7, 11) is 0. The molecule has 0 N–H and O–H groups in total. The summed E-state index contributed by atoms with van der Waals surface area (Å²) in [5.41, 5.74) is 10.6. The number of nitrogens with zero attached hydrogens (tertiary/aromatic N) is 4. The molecule has 0 saturated carbocycles. The van der Waals surface area contributed by atoms with Crippen molar-refractivity contribution in [3.05, 3.63) is 199 Å². The van der Waals surface area contributed by atoms with Crippen LogP contribution in [0.1, 0.15) is 25.0 Å². The molecule has 1 heterocycles. The zero-order chi connectivity index (χ0) is 38.2. The molecule has 0 bridgehead atoms. The summed E-state index contributed by atoms with van der Waals surface area (Å²) >= 11 is 0. The van der Waals surface area contributed by atoms with E-state index in [1.807, 2.05) is 72.8 Å². The van der Waals surface area contributed by atoms with Gasteiger partial charge in [0.05, 0.1) is 11.6 Å². The summed E-state index contributed by atoms with van der Waals surface area (Å²) < 4.78 is 0. The van der Waals surface area contributed by atoms with Crippen LogP contribution in [0, 0.1) is 11.3 Å². The van der Waals surface area contributed by atoms with Gasteiger partial charge in [0, 0.05) is 27.7 Å². The van der Waals surface area contributed by atoms with Crippen LogP contribution >= 0.6 is 0 Å². The van der Waals surface area contributed by atoms with Crippen LogP contribution in [0.2, 0.25) is 0 Å². The molecule has 0 aliphatic heterocycles. The van der Waals surface area contributed by atoms with Gasteiger partial charge in [-0.25, -0.2) is 15.0 Å². The second-order valence-corrected chi connectivity index (χ2v) is 14.8. The van der Waals surface area contributed by atoms with Gasteiger partial charge < -0.3 is 0 Å². The Morgan fingerprint density at radius 2 is 1.04 bits per heavy atom. The number of rotatable bonds is 5. The lowest BCUT2D eigenvalue weighted by Crippen LogP contribution is -2.22. The van der Waals surface area contributed by atoms with Gasteiger partial charge in [0.15, 0.2) is 17.5 Å². The van der Waals surface area contributed by atoms with Crippen LogP contribution in [0.4, 0.5) is 0 Å². The monoisotopic (exact) mass is 718 g/mol. The Morgan fingerprint density at radius 3 is 1.62 bits per heavy atom. The number of fused-ring (bicyclic) bond motifs is 4. The van der Waals surface area contributed by atoms with Gasteiger partial charge in [0.1, 0.15) is 0 Å². The number of aromatic nitrogens is 3. The van der Waals surface area contributed by atoms with Gasteiger partial charge in [0.2, 0.25) is 0 Å². The van der Waals surface area contributed by atoms with E-state index in [1.54, 1.807) is 0 Å². The third-order valence-corrected chi connectivity index (χ3v) is 11.1. The summed E-state index contributed by atoms with van der Waals surface area (Å²) in [6, 6.07) is 55.4. The molecule has 1 aliphatic rings. The van der Waals surface area contributed by atoms with Gasteiger partial charge in [-0.05, 0) is 73.5 Å². The quantitative estimate of drug-likeness (QED) is 0.166. The summed E-state index contributed by atoms with van der Waals surface area (Å²) in [4.78, 5) is 15.5. The topological polar surface area (TPSA) is 62.5 Å². The molecular formula is C52H38N4. The van der Waals surface area contributed by atoms with Crippen molar-refractivity contribution in [3.63, 3.8) is 0 Å². The molecule has 4 nitrogen and oxygen atoms in total. The Bertz CT molecular complexity index is 2850. The van der Waals surface area contributed by atoms with E-state index in [0.29, 0.717) is 23.0 Å². The molecule has 0 atom stereocenters. The van der Waals surface area contributed by atoms with E-state index in [9.17, 15) is 5.26 Å². The molecule has 266 valence electrons. The maximum atomic E-state index is 9.93. The normalized spacial score (nSPS) is 15.2. The molecule has 56 heavy (non-hydrogen) atoms. The maximum Gasteiger partial charge on any atom is 0.165 e. The summed E-state index contributed by atoms with van der Waals surface area (Å²) in [5, 5.41) is 14.5. The van der Waals surface area contributed by atoms with Crippen molar-refractivity contribution in [2.75, 3.05) is 0 Å². The van der Waals surface area contributed by atoms with Crippen LogP contribution in [0.3, 0.4) is 0 Å². The number of allylic oxidation sites excluding steroid dienone is 5. The van der Waals surface area contributed by atoms with Crippen molar-refractivity contribution in [1.29, 1.82) is 5.26 Å². The second kappa shape index (κ2) is 14.2. The standard InChI is InChI=1S/C52H38N4/c1-34-41(33-53)21-11-10-16-36-28-31-40(32-46(36)52(34,2)3)35-26-29-37(30-27-35)47-44-24-14-12-22-42(44)43-23-13-15-25-45(43)48(47)51-55-49(38-17-6-4-7-18-38)54-50(56-51)39-19-8-5-9-20-39/h4-15,17-32H,1,16H2,2-3H3/b11-10-,41-21-. The molecule has 0 spiro atoms. The highest BCUT2D eigenvalue weighted by atomic mass is 15.0. The van der Waals surface area contributed by atoms with Crippen LogP contribution in [-0.4, -0.2) is 15.0 Å². The minimum Gasteiger partial charge on any atom is -0.208 e. The third kappa shape index (κ3) is 6.10. The summed E-state index contributed by atoms with van der Waals surface area (Å²) in [6.07, 6.45) is 6.74. The molecule has 0 amide bonds. The highest BCUT2D eigenvalue weighted by Gasteiger charge is 2.30. The molecule has 0 radical (unpaired) electrons. The van der Waals surface area contributed by atoms with Crippen molar-refractivity contribution in [3.8, 4) is 62.5 Å². The van der Waals surface area contributed by atoms with Gasteiger partial charge in [-0.3, -0.25) is 0 Å². The average molecular weight is 719 g/mol. The van der Waals surface area contributed by atoms with Crippen LogP contribution in [-0.2, 0) is 11.8 Å². The Balaban J connectivity index is 1.25. The van der Waals surface area contributed by atoms with E-state index >= 15 is 0 Å². The fraction of sp³-hybridized carbons (Fsp3) is 0.0769. The van der Waals surface area contributed by atoms with Crippen molar-refractivity contribution < 1.29 is 0 Å². The Kier molecular flexibility index (Phi) is 8.76. The second-order valence-electron chi connectivity index (χ2n) is 14.8. The van der Waals surface area contributed by atoms with E-state index in [2.05, 4.69) is 124 Å². The lowest BCUT2D eigenvalue weighted by Gasteiger charge is -2.30. The Hall–Kier alpha value is -7.22. The van der Waals surface area contributed by atoms with Crippen molar-refractivity contribution in [2.45, 2.75) is 25.7 Å². The molecule has 1 aromatic heterocycles. The molecule has 8 aromatic rings. The van der Waals surface area contributed by atoms with Gasteiger partial charge in [-0.1, -0.05) is 178 Å². The highest BCUT2D eigenvalue weighted by molar-refractivity contribution is 6.21. The average Bonchev–Trinajstić information content (AvgIpc) is 3.30. The Labute approximate surface area is 327 Å². The van der Waals surface area contributed by atoms with E-state index in [0.717, 1.165) is 67.1 Å². The van der Waals surface area contributed by atoms with Gasteiger partial charge in [-0.15, -0.1) is 0 Å². The predicted molar refractivity (Wildman–Crippen MR) is 231 cm³/mol. The first-order valence-corrected chi connectivity index (χ1v) is 18.9. The zero-order valence-electron chi connectivity index (χ0n) is 31.4. The lowest BCUT2D eigenvalue weighted by atomic mass is 9.73. The first kappa shape index (κ1) is 34.5. The maximum absolute atomic E-state index is 9.93. The van der Waals surface area contributed by atoms with E-state index < -0.39 is 5.41 Å². The van der Waals surface area contributed by atoms with Crippen LogP contribution in [0.5, 0.6) is 0 Å². The zero-order valence-corrected chi connectivity index (χ0v) is 31.4. The minimum absolute atomic E-state index is 0.431. The van der Waals surface area contributed by atoms with Crippen molar-refractivity contribution in [2.24, 2.45) is 0 Å². The number of hydrogen-bond donors (Lipinski definition) is 0.